The molecule has 1 aromatic carbocycles. The number of carboxylic acid groups (broad SMARTS) is 1. The summed E-state index contributed by atoms with van der Waals surface area (Å²) in [7, 11) is 1.67. The number of hydrogen-bond acceptors (Lipinski definition) is 5. The number of carbonyl (C=O) groups is 1. The van der Waals surface area contributed by atoms with Gasteiger partial charge in [0.05, 0.1) is 13.3 Å². The van der Waals surface area contributed by atoms with E-state index in [0.717, 1.165) is 80.7 Å². The van der Waals surface area contributed by atoms with Crippen LogP contribution in [0.4, 0.5) is 10.1 Å². The Kier molecular flexibility index (Phi) is 8.40. The average molecular weight is 565 g/mol. The second kappa shape index (κ2) is 12.2. The molecule has 6 rings (SSSR count). The standard InChI is InChI=1S/C32H42FN5O3/c1-21-13-31-34-16-30(38(31)20-28(21)35-41-2)23-9-11-36(12-10-23)17-25-18-37(29(32(39)40)14-22-5-3-6-22)19-27(25)24-7-4-8-26(33)15-24/h4,7-8,13,15-16,20,22-23,25,27,29,35H,3,5-6,9-12,14,17-19H2,1-2H3,(H,39,40)/p+1/t25-,27?,29?/m0/s1. The zero-order valence-electron chi connectivity index (χ0n) is 24.2. The van der Waals surface area contributed by atoms with Crippen LogP contribution in [0, 0.1) is 24.6 Å². The van der Waals surface area contributed by atoms with Crippen LogP contribution in [0.2, 0.25) is 0 Å². The van der Waals surface area contributed by atoms with E-state index in [0.29, 0.717) is 18.4 Å². The van der Waals surface area contributed by atoms with Crippen molar-refractivity contribution in [3.05, 3.63) is 65.4 Å². The topological polar surface area (TPSA) is 86.9 Å². The second-order valence-corrected chi connectivity index (χ2v) is 12.5. The molecule has 41 heavy (non-hydrogen) atoms. The lowest BCUT2D eigenvalue weighted by Crippen LogP contribution is -2.76. The molecule has 0 radical (unpaired) electrons. The third-order valence-corrected chi connectivity index (χ3v) is 9.92. The lowest BCUT2D eigenvalue weighted by atomic mass is 9.80. The number of aryl methyl sites for hydroxylation is 1. The van der Waals surface area contributed by atoms with Crippen molar-refractivity contribution in [2.24, 2.45) is 11.8 Å². The third-order valence-electron chi connectivity index (χ3n) is 9.92. The van der Waals surface area contributed by atoms with Crippen LogP contribution < -0.4 is 5.48 Å². The second-order valence-electron chi connectivity index (χ2n) is 12.5. The van der Waals surface area contributed by atoms with Crippen LogP contribution in [-0.4, -0.2) is 76.1 Å². The van der Waals surface area contributed by atoms with Crippen molar-refractivity contribution in [3.8, 4) is 0 Å². The number of fused-ring (bicyclic) bond motifs is 1. The maximum atomic E-state index is 14.3. The van der Waals surface area contributed by atoms with Crippen molar-refractivity contribution in [1.29, 1.82) is 0 Å². The monoisotopic (exact) mass is 564 g/mol. The largest absolute Gasteiger partial charge is 0.480 e. The minimum atomic E-state index is -0.717. The number of nitrogens with zero attached hydrogens (tertiary/aromatic N) is 4. The minimum Gasteiger partial charge on any atom is -0.480 e. The van der Waals surface area contributed by atoms with Gasteiger partial charge in [0.2, 0.25) is 0 Å². The molecule has 3 aliphatic rings. The zero-order valence-corrected chi connectivity index (χ0v) is 24.2. The molecule has 2 aromatic heterocycles. The molecule has 0 bridgehead atoms. The van der Waals surface area contributed by atoms with E-state index in [1.165, 1.54) is 18.2 Å². The quantitative estimate of drug-likeness (QED) is 0.361. The molecule has 4 heterocycles. The van der Waals surface area contributed by atoms with Crippen LogP contribution in [0.15, 0.2) is 42.7 Å². The Morgan fingerprint density at radius 3 is 2.68 bits per heavy atom. The summed E-state index contributed by atoms with van der Waals surface area (Å²) in [6.45, 7) is 6.37. The van der Waals surface area contributed by atoms with E-state index in [1.54, 1.807) is 24.7 Å². The summed E-state index contributed by atoms with van der Waals surface area (Å²) in [5.41, 5.74) is 7.18. The number of likely N-dealkylation sites (tertiary alicyclic amines) is 2. The number of carboxylic acids is 1. The maximum Gasteiger partial charge on any atom is 0.320 e. The van der Waals surface area contributed by atoms with E-state index >= 15 is 0 Å². The highest BCUT2D eigenvalue weighted by molar-refractivity contribution is 5.73. The number of piperidine rings is 1. The molecule has 0 spiro atoms. The van der Waals surface area contributed by atoms with Gasteiger partial charge in [-0.25, -0.2) is 14.2 Å². The summed E-state index contributed by atoms with van der Waals surface area (Å²) < 4.78 is 16.5. The van der Waals surface area contributed by atoms with Crippen LogP contribution in [0.25, 0.3) is 5.65 Å². The van der Waals surface area contributed by atoms with Gasteiger partial charge >= 0.3 is 5.97 Å². The number of nitrogens with two attached hydrogens (primary N) is 1. The Bertz CT molecular complexity index is 1370. The highest BCUT2D eigenvalue weighted by Crippen LogP contribution is 2.39. The number of hydrogen-bond donors (Lipinski definition) is 2. The van der Waals surface area contributed by atoms with Crippen LogP contribution in [0.5, 0.6) is 0 Å². The number of benzene rings is 1. The SMILES string of the molecule is CO[NH2+]c1cn2c(C3CCN(C[C@H]4CN(C(CC5CCC5)C(=O)O)CC4c4cccc(F)c4)CC3)cnc2cc1C. The lowest BCUT2D eigenvalue weighted by molar-refractivity contribution is -0.830. The average Bonchev–Trinajstić information content (AvgIpc) is 3.52. The number of aromatic nitrogens is 2. The van der Waals surface area contributed by atoms with E-state index in [4.69, 9.17) is 4.84 Å². The number of halogens is 1. The molecule has 3 aromatic rings. The molecule has 2 saturated heterocycles. The zero-order chi connectivity index (χ0) is 28.5. The summed E-state index contributed by atoms with van der Waals surface area (Å²) in [4.78, 5) is 27.0. The van der Waals surface area contributed by atoms with Crippen molar-refractivity contribution >= 4 is 17.3 Å². The predicted octanol–water partition coefficient (Wildman–Crippen LogP) is 4.08. The molecule has 1 saturated carbocycles. The Balaban J connectivity index is 1.15. The first-order chi connectivity index (χ1) is 19.9. The lowest BCUT2D eigenvalue weighted by Gasteiger charge is -2.35. The number of aliphatic carboxylic acids is 1. The van der Waals surface area contributed by atoms with Gasteiger partial charge in [-0.2, -0.15) is 5.48 Å². The molecule has 9 heteroatoms. The Hall–Kier alpha value is -2.85. The van der Waals surface area contributed by atoms with Crippen molar-refractivity contribution in [1.82, 2.24) is 19.2 Å². The summed E-state index contributed by atoms with van der Waals surface area (Å²) in [6.07, 6.45) is 10.5. The van der Waals surface area contributed by atoms with Crippen LogP contribution in [0.1, 0.15) is 67.2 Å². The molecule has 3 N–H and O–H groups in total. The van der Waals surface area contributed by atoms with Crippen molar-refractivity contribution in [3.63, 3.8) is 0 Å². The van der Waals surface area contributed by atoms with E-state index < -0.39 is 12.0 Å². The summed E-state index contributed by atoms with van der Waals surface area (Å²) in [5, 5.41) is 10.1. The Morgan fingerprint density at radius 2 is 2.00 bits per heavy atom. The smallest absolute Gasteiger partial charge is 0.320 e. The number of pyridine rings is 1. The molecule has 2 aliphatic heterocycles. The third kappa shape index (κ3) is 6.04. The van der Waals surface area contributed by atoms with E-state index in [-0.39, 0.29) is 17.7 Å². The number of imidazole rings is 1. The molecule has 8 nitrogen and oxygen atoms in total. The summed E-state index contributed by atoms with van der Waals surface area (Å²) in [6, 6.07) is 8.59. The number of quaternary nitrogens is 1. The first-order valence-electron chi connectivity index (χ1n) is 15.2. The molecule has 3 fully saturated rings. The van der Waals surface area contributed by atoms with Gasteiger partial charge in [0, 0.05) is 48.9 Å². The van der Waals surface area contributed by atoms with Gasteiger partial charge in [0.25, 0.3) is 0 Å². The minimum absolute atomic E-state index is 0.129. The van der Waals surface area contributed by atoms with Crippen molar-refractivity contribution < 1.29 is 24.6 Å². The van der Waals surface area contributed by atoms with Crippen LogP contribution in [0.3, 0.4) is 0 Å². The van der Waals surface area contributed by atoms with Crippen LogP contribution >= 0.6 is 0 Å². The fourth-order valence-corrected chi connectivity index (χ4v) is 7.36. The molecule has 3 atom stereocenters. The fourth-order valence-electron chi connectivity index (χ4n) is 7.36. The van der Waals surface area contributed by atoms with Gasteiger partial charge in [-0.1, -0.05) is 31.4 Å². The molecule has 2 unspecified atom stereocenters. The van der Waals surface area contributed by atoms with Gasteiger partial charge in [-0.05, 0) is 74.9 Å². The molecular weight excluding hydrogens is 521 g/mol. The summed E-state index contributed by atoms with van der Waals surface area (Å²) >= 11 is 0. The van der Waals surface area contributed by atoms with E-state index in [1.807, 2.05) is 12.3 Å². The van der Waals surface area contributed by atoms with Gasteiger partial charge in [0.1, 0.15) is 17.5 Å². The first kappa shape index (κ1) is 28.3. The number of rotatable bonds is 10. The molecular formula is C32H43FN5O3+. The van der Waals surface area contributed by atoms with E-state index in [2.05, 4.69) is 38.4 Å². The highest BCUT2D eigenvalue weighted by Gasteiger charge is 2.41. The normalized spacial score (nSPS) is 23.7. The van der Waals surface area contributed by atoms with E-state index in [9.17, 15) is 14.3 Å². The van der Waals surface area contributed by atoms with Gasteiger partial charge in [-0.15, -0.1) is 0 Å². The fraction of sp³-hybridized carbons (Fsp3) is 0.562. The summed E-state index contributed by atoms with van der Waals surface area (Å²) in [5.74, 6) is 0.405. The van der Waals surface area contributed by atoms with Gasteiger partial charge in [-0.3, -0.25) is 14.1 Å². The Morgan fingerprint density at radius 1 is 1.20 bits per heavy atom. The molecule has 1 aliphatic carbocycles. The first-order valence-corrected chi connectivity index (χ1v) is 15.2. The Labute approximate surface area is 241 Å². The van der Waals surface area contributed by atoms with Crippen molar-refractivity contribution in [2.75, 3.05) is 39.8 Å². The molecule has 220 valence electrons. The highest BCUT2D eigenvalue weighted by atomic mass is 19.1. The van der Waals surface area contributed by atoms with Crippen LogP contribution in [-0.2, 0) is 9.63 Å². The van der Waals surface area contributed by atoms with Crippen molar-refractivity contribution in [2.45, 2.75) is 63.3 Å². The maximum absolute atomic E-state index is 14.3. The van der Waals surface area contributed by atoms with Gasteiger partial charge < -0.3 is 10.0 Å². The predicted molar refractivity (Wildman–Crippen MR) is 155 cm³/mol. The molecule has 0 amide bonds. The van der Waals surface area contributed by atoms with Gasteiger partial charge in [0.15, 0.2) is 5.69 Å².